The molecule has 5 heteroatoms. The number of carboxylic acids is 1. The highest BCUT2D eigenvalue weighted by atomic mass is 32.2. The number of rotatable bonds is 4. The largest absolute Gasteiger partial charge is 0.480 e. The molecule has 0 aliphatic carbocycles. The highest BCUT2D eigenvalue weighted by Crippen LogP contribution is 2.37. The van der Waals surface area contributed by atoms with Gasteiger partial charge in [-0.15, -0.1) is 11.8 Å². The van der Waals surface area contributed by atoms with Gasteiger partial charge in [-0.2, -0.15) is 0 Å². The third-order valence-electron chi connectivity index (χ3n) is 2.60. The lowest BCUT2D eigenvalue weighted by atomic mass is 10.2. The predicted octanol–water partition coefficient (Wildman–Crippen LogP) is 3.10. The van der Waals surface area contributed by atoms with Crippen molar-refractivity contribution < 1.29 is 9.90 Å². The summed E-state index contributed by atoms with van der Waals surface area (Å²) in [6, 6.07) is 7.42. The van der Waals surface area contributed by atoms with E-state index in [9.17, 15) is 9.90 Å². The monoisotopic (exact) mass is 274 g/mol. The van der Waals surface area contributed by atoms with Crippen LogP contribution in [0.15, 0.2) is 47.8 Å². The van der Waals surface area contributed by atoms with Crippen LogP contribution in [0, 0.1) is 0 Å². The molecule has 0 amide bonds. The first kappa shape index (κ1) is 13.5. The van der Waals surface area contributed by atoms with Crippen LogP contribution in [0.25, 0.3) is 11.3 Å². The number of thioether (sulfide) groups is 1. The van der Waals surface area contributed by atoms with Crippen LogP contribution in [0.1, 0.15) is 13.8 Å². The Labute approximate surface area is 115 Å². The van der Waals surface area contributed by atoms with Gasteiger partial charge in [0.05, 0.1) is 5.69 Å². The van der Waals surface area contributed by atoms with E-state index in [-0.39, 0.29) is 0 Å². The Kier molecular flexibility index (Phi) is 3.85. The normalized spacial score (nSPS) is 11.3. The maximum Gasteiger partial charge on any atom is 0.319 e. The number of hydrogen-bond donors (Lipinski definition) is 1. The fourth-order valence-electron chi connectivity index (χ4n) is 1.52. The van der Waals surface area contributed by atoms with Crippen LogP contribution in [0.2, 0.25) is 0 Å². The van der Waals surface area contributed by atoms with Gasteiger partial charge >= 0.3 is 5.97 Å². The molecule has 2 rings (SSSR count). The summed E-state index contributed by atoms with van der Waals surface area (Å²) < 4.78 is -0.898. The molecule has 0 atom stereocenters. The first-order chi connectivity index (χ1) is 9.00. The number of hydrogen-bond acceptors (Lipinski definition) is 4. The van der Waals surface area contributed by atoms with Crippen LogP contribution in [0.5, 0.6) is 0 Å². The SMILES string of the molecule is CC(C)(Sc1cccnc1-c1ccncc1)C(=O)O. The van der Waals surface area contributed by atoms with Crippen molar-refractivity contribution in [2.75, 3.05) is 0 Å². The van der Waals surface area contributed by atoms with Crippen molar-refractivity contribution in [2.24, 2.45) is 0 Å². The number of aliphatic carboxylic acids is 1. The van der Waals surface area contributed by atoms with Gasteiger partial charge < -0.3 is 5.11 Å². The van der Waals surface area contributed by atoms with E-state index in [0.717, 1.165) is 16.2 Å². The Morgan fingerprint density at radius 1 is 1.21 bits per heavy atom. The average molecular weight is 274 g/mol. The summed E-state index contributed by atoms with van der Waals surface area (Å²) in [6.45, 7) is 3.37. The van der Waals surface area contributed by atoms with Gasteiger partial charge in [0.25, 0.3) is 0 Å². The third-order valence-corrected chi connectivity index (χ3v) is 3.84. The second-order valence-electron chi connectivity index (χ2n) is 4.50. The molecule has 2 aromatic rings. The molecule has 4 nitrogen and oxygen atoms in total. The van der Waals surface area contributed by atoms with Crippen molar-refractivity contribution in [3.8, 4) is 11.3 Å². The molecular formula is C14H14N2O2S. The van der Waals surface area contributed by atoms with Crippen LogP contribution in [0.4, 0.5) is 0 Å². The zero-order valence-electron chi connectivity index (χ0n) is 10.7. The summed E-state index contributed by atoms with van der Waals surface area (Å²) in [5.74, 6) is -0.845. The Bertz CT molecular complexity index is 585. The van der Waals surface area contributed by atoms with E-state index < -0.39 is 10.7 Å². The van der Waals surface area contributed by atoms with Crippen LogP contribution < -0.4 is 0 Å². The van der Waals surface area contributed by atoms with Crippen LogP contribution >= 0.6 is 11.8 Å². The van der Waals surface area contributed by atoms with E-state index >= 15 is 0 Å². The number of carbonyl (C=O) groups is 1. The summed E-state index contributed by atoms with van der Waals surface area (Å²) in [6.07, 6.45) is 5.09. The number of pyridine rings is 2. The van der Waals surface area contributed by atoms with Crippen molar-refractivity contribution in [1.82, 2.24) is 9.97 Å². The highest BCUT2D eigenvalue weighted by Gasteiger charge is 2.29. The molecule has 0 saturated carbocycles. The lowest BCUT2D eigenvalue weighted by molar-refractivity contribution is -0.138. The second kappa shape index (κ2) is 5.40. The molecule has 0 radical (unpaired) electrons. The van der Waals surface area contributed by atoms with Crippen molar-refractivity contribution in [1.29, 1.82) is 0 Å². The second-order valence-corrected chi connectivity index (χ2v) is 6.17. The molecule has 0 fully saturated rings. The van der Waals surface area contributed by atoms with Gasteiger partial charge in [-0.1, -0.05) is 0 Å². The fraction of sp³-hybridized carbons (Fsp3) is 0.214. The summed E-state index contributed by atoms with van der Waals surface area (Å²) in [5, 5.41) is 9.21. The van der Waals surface area contributed by atoms with Crippen molar-refractivity contribution in [2.45, 2.75) is 23.5 Å². The van der Waals surface area contributed by atoms with Gasteiger partial charge in [-0.05, 0) is 38.1 Å². The first-order valence-corrected chi connectivity index (χ1v) is 6.60. The lowest BCUT2D eigenvalue weighted by Crippen LogP contribution is -2.27. The molecule has 19 heavy (non-hydrogen) atoms. The molecule has 2 aromatic heterocycles. The molecule has 2 heterocycles. The number of aromatic nitrogens is 2. The molecule has 0 saturated heterocycles. The maximum absolute atomic E-state index is 11.2. The van der Waals surface area contributed by atoms with Crippen LogP contribution in [0.3, 0.4) is 0 Å². The van der Waals surface area contributed by atoms with E-state index in [4.69, 9.17) is 0 Å². The molecule has 1 N–H and O–H groups in total. The first-order valence-electron chi connectivity index (χ1n) is 5.78. The third kappa shape index (κ3) is 3.12. The van der Waals surface area contributed by atoms with Gasteiger partial charge in [0.2, 0.25) is 0 Å². The van der Waals surface area contributed by atoms with Gasteiger partial charge in [-0.3, -0.25) is 14.8 Å². The summed E-state index contributed by atoms with van der Waals surface area (Å²) >= 11 is 1.29. The maximum atomic E-state index is 11.2. The topological polar surface area (TPSA) is 63.1 Å². The summed E-state index contributed by atoms with van der Waals surface area (Å²) in [4.78, 5) is 20.4. The summed E-state index contributed by atoms with van der Waals surface area (Å²) in [7, 11) is 0. The molecule has 98 valence electrons. The Morgan fingerprint density at radius 2 is 1.89 bits per heavy atom. The van der Waals surface area contributed by atoms with Crippen LogP contribution in [-0.4, -0.2) is 25.8 Å². The van der Waals surface area contributed by atoms with Gasteiger partial charge in [-0.25, -0.2) is 0 Å². The zero-order chi connectivity index (χ0) is 13.9. The minimum atomic E-state index is -0.898. The number of carboxylic acid groups (broad SMARTS) is 1. The van der Waals surface area contributed by atoms with Crippen molar-refractivity contribution in [3.63, 3.8) is 0 Å². The van der Waals surface area contributed by atoms with Gasteiger partial charge in [0.15, 0.2) is 0 Å². The number of nitrogens with zero attached hydrogens (tertiary/aromatic N) is 2. The van der Waals surface area contributed by atoms with Crippen molar-refractivity contribution >= 4 is 17.7 Å². The minimum absolute atomic E-state index is 0.782. The quantitative estimate of drug-likeness (QED) is 0.868. The van der Waals surface area contributed by atoms with E-state index in [1.54, 1.807) is 32.4 Å². The smallest absolute Gasteiger partial charge is 0.319 e. The minimum Gasteiger partial charge on any atom is -0.480 e. The molecule has 0 spiro atoms. The van der Waals surface area contributed by atoms with Crippen molar-refractivity contribution in [3.05, 3.63) is 42.9 Å². The zero-order valence-corrected chi connectivity index (χ0v) is 11.5. The predicted molar refractivity (Wildman–Crippen MR) is 75.0 cm³/mol. The van der Waals surface area contributed by atoms with Crippen LogP contribution in [-0.2, 0) is 4.79 Å². The van der Waals surface area contributed by atoms with E-state index in [1.165, 1.54) is 11.8 Å². The van der Waals surface area contributed by atoms with E-state index in [1.807, 2.05) is 24.3 Å². The van der Waals surface area contributed by atoms with E-state index in [0.29, 0.717) is 0 Å². The lowest BCUT2D eigenvalue weighted by Gasteiger charge is -2.19. The standard InChI is InChI=1S/C14H14N2O2S/c1-14(2,13(17)18)19-11-4-3-7-16-12(11)10-5-8-15-9-6-10/h3-9H,1-2H3,(H,17,18). The molecule has 0 unspecified atom stereocenters. The average Bonchev–Trinajstić information content (AvgIpc) is 2.40. The van der Waals surface area contributed by atoms with Gasteiger partial charge in [0, 0.05) is 29.0 Å². The molecule has 0 aliphatic heterocycles. The Morgan fingerprint density at radius 3 is 2.53 bits per heavy atom. The van der Waals surface area contributed by atoms with Gasteiger partial charge in [0.1, 0.15) is 4.75 Å². The summed E-state index contributed by atoms with van der Waals surface area (Å²) in [5.41, 5.74) is 1.71. The molecule has 0 bridgehead atoms. The van der Waals surface area contributed by atoms with E-state index in [2.05, 4.69) is 9.97 Å². The molecule has 0 aliphatic rings. The Balaban J connectivity index is 2.40. The molecule has 0 aromatic carbocycles. The highest BCUT2D eigenvalue weighted by molar-refractivity contribution is 8.01. The fourth-order valence-corrected chi connectivity index (χ4v) is 2.57. The Hall–Kier alpha value is -1.88. The molecular weight excluding hydrogens is 260 g/mol.